The number of carbonyl (C=O) groups excluding carboxylic acids is 1. The first-order chi connectivity index (χ1) is 16.2. The molecule has 11 heteroatoms. The number of hydrogen-bond donors (Lipinski definition) is 6. The molecule has 34 heavy (non-hydrogen) atoms. The van der Waals surface area contributed by atoms with Crippen LogP contribution in [0.3, 0.4) is 0 Å². The Morgan fingerprint density at radius 1 is 1.18 bits per heavy atom. The Bertz CT molecular complexity index is 1280. The van der Waals surface area contributed by atoms with E-state index in [0.717, 1.165) is 10.8 Å². The Morgan fingerprint density at radius 2 is 1.85 bits per heavy atom. The molecule has 4 rings (SSSR count). The first kappa shape index (κ1) is 23.6. The average Bonchev–Trinajstić information content (AvgIpc) is 3.17. The van der Waals surface area contributed by atoms with Crippen LogP contribution in [0.1, 0.15) is 18.2 Å². The first-order valence-electron chi connectivity index (χ1n) is 10.6. The standard InChI is InChI=1S/C23H24N4O7/c24-8-16-14-6-12-4-2-1-3-11(12)5-13(14)9-27(16)15(23(32)33)7-18(29)26-22-19(25)21(31)20(30)17(10-28)34-22/h1-6,9,15,17,19-22,28,30-31H,7,10,25H2,(H,26,29)(H,32,33)/t15?,17-,19-,20-,21-,22-/m1/s1. The zero-order valence-corrected chi connectivity index (χ0v) is 17.9. The largest absolute Gasteiger partial charge is 0.480 e. The summed E-state index contributed by atoms with van der Waals surface area (Å²) in [5.74, 6) is -2.09. The van der Waals surface area contributed by atoms with Crippen molar-refractivity contribution < 1.29 is 34.8 Å². The van der Waals surface area contributed by atoms with E-state index in [2.05, 4.69) is 5.32 Å². The quantitative estimate of drug-likeness (QED) is 0.278. The van der Waals surface area contributed by atoms with Crippen molar-refractivity contribution >= 4 is 33.4 Å². The van der Waals surface area contributed by atoms with E-state index >= 15 is 0 Å². The van der Waals surface area contributed by atoms with E-state index < -0.39 is 61.5 Å². The molecule has 178 valence electrons. The summed E-state index contributed by atoms with van der Waals surface area (Å²) in [7, 11) is 0. The van der Waals surface area contributed by atoms with Gasteiger partial charge in [-0.15, -0.1) is 0 Å². The molecule has 1 unspecified atom stereocenters. The third-order valence-electron chi connectivity index (χ3n) is 6.09. The maximum Gasteiger partial charge on any atom is 0.327 e. The summed E-state index contributed by atoms with van der Waals surface area (Å²) in [6.45, 7) is -0.620. The van der Waals surface area contributed by atoms with Crippen LogP contribution in [0.15, 0.2) is 42.6 Å². The lowest BCUT2D eigenvalue weighted by atomic mass is 9.96. The molecule has 2 aromatic carbocycles. The molecule has 6 atom stereocenters. The lowest BCUT2D eigenvalue weighted by molar-refractivity contribution is -0.197. The Kier molecular flexibility index (Phi) is 6.52. The second kappa shape index (κ2) is 9.38. The van der Waals surface area contributed by atoms with Crippen LogP contribution in [-0.2, 0) is 14.3 Å². The molecule has 2 heterocycles. The van der Waals surface area contributed by atoms with Crippen LogP contribution >= 0.6 is 0 Å². The van der Waals surface area contributed by atoms with Crippen molar-refractivity contribution in [2.75, 3.05) is 6.61 Å². The maximum atomic E-state index is 12.7. The Balaban J connectivity index is 1.61. The number of rotatable bonds is 6. The highest BCUT2D eigenvalue weighted by molar-refractivity contribution is 6.01. The molecule has 11 nitrogen and oxygen atoms in total. The predicted molar refractivity (Wildman–Crippen MR) is 119 cm³/mol. The fraction of sp³-hybridized carbons (Fsp3) is 0.348. The number of aliphatic hydroxyl groups is 3. The summed E-state index contributed by atoms with van der Waals surface area (Å²) in [5.41, 5.74) is 5.93. The van der Waals surface area contributed by atoms with Crippen LogP contribution in [0.5, 0.6) is 0 Å². The number of aliphatic hydroxyl groups excluding tert-OH is 3. The summed E-state index contributed by atoms with van der Waals surface area (Å²) >= 11 is 0. The van der Waals surface area contributed by atoms with Crippen LogP contribution in [0.4, 0.5) is 0 Å². The minimum absolute atomic E-state index is 0.102. The second-order valence-corrected chi connectivity index (χ2v) is 8.25. The number of hydrogen-bond acceptors (Lipinski definition) is 8. The topological polar surface area (TPSA) is 191 Å². The molecule has 1 aromatic heterocycles. The minimum Gasteiger partial charge on any atom is -0.480 e. The van der Waals surface area contributed by atoms with Gasteiger partial charge < -0.3 is 40.8 Å². The Morgan fingerprint density at radius 3 is 2.47 bits per heavy atom. The number of carboxylic acid groups (broad SMARTS) is 1. The van der Waals surface area contributed by atoms with Gasteiger partial charge in [-0.2, -0.15) is 5.26 Å². The number of nitrogens with two attached hydrogens (primary N) is 1. The molecule has 3 aromatic rings. The van der Waals surface area contributed by atoms with E-state index in [0.29, 0.717) is 10.8 Å². The highest BCUT2D eigenvalue weighted by Gasteiger charge is 2.43. The van der Waals surface area contributed by atoms with Gasteiger partial charge in [0.2, 0.25) is 5.91 Å². The number of ether oxygens (including phenoxy) is 1. The molecule has 1 saturated heterocycles. The number of carbonyl (C=O) groups is 2. The van der Waals surface area contributed by atoms with Gasteiger partial charge in [0.15, 0.2) is 0 Å². The zero-order valence-electron chi connectivity index (χ0n) is 17.9. The van der Waals surface area contributed by atoms with Gasteiger partial charge in [0.1, 0.15) is 42.3 Å². The molecule has 0 spiro atoms. The lowest BCUT2D eigenvalue weighted by Crippen LogP contribution is -2.66. The van der Waals surface area contributed by atoms with Gasteiger partial charge in [-0.25, -0.2) is 4.79 Å². The van der Waals surface area contributed by atoms with Crippen LogP contribution in [0.2, 0.25) is 0 Å². The number of nitriles is 1. The summed E-state index contributed by atoms with van der Waals surface area (Å²) in [6, 6.07) is 10.6. The molecule has 7 N–H and O–H groups in total. The normalized spacial score (nSPS) is 25.7. The third kappa shape index (κ3) is 4.21. The molecule has 1 aliphatic heterocycles. The summed E-state index contributed by atoms with van der Waals surface area (Å²) < 4.78 is 6.61. The first-order valence-corrected chi connectivity index (χ1v) is 10.6. The third-order valence-corrected chi connectivity index (χ3v) is 6.09. The Hall–Kier alpha value is -3.53. The SMILES string of the molecule is N#Cc1c2cc3ccccc3cc2cn1C(CC(=O)N[C@@H]1O[C@H](CO)[C@@H](O)[C@H](O)[C@H]1N)C(=O)O. The van der Waals surface area contributed by atoms with Crippen molar-refractivity contribution in [1.82, 2.24) is 9.88 Å². The second-order valence-electron chi connectivity index (χ2n) is 8.25. The number of nitrogens with one attached hydrogen (secondary N) is 1. The number of amides is 1. The van der Waals surface area contributed by atoms with Crippen LogP contribution in [-0.4, -0.2) is 74.1 Å². The smallest absolute Gasteiger partial charge is 0.327 e. The predicted octanol–water partition coefficient (Wildman–Crippen LogP) is -0.436. The monoisotopic (exact) mass is 468 g/mol. The molecule has 1 fully saturated rings. The lowest BCUT2D eigenvalue weighted by Gasteiger charge is -2.40. The van der Waals surface area contributed by atoms with E-state index in [1.165, 1.54) is 10.8 Å². The van der Waals surface area contributed by atoms with Gasteiger partial charge >= 0.3 is 5.97 Å². The van der Waals surface area contributed by atoms with Gasteiger partial charge in [-0.3, -0.25) is 4.79 Å². The molecule has 1 amide bonds. The molecule has 0 bridgehead atoms. The van der Waals surface area contributed by atoms with Crippen molar-refractivity contribution in [3.8, 4) is 6.07 Å². The number of benzene rings is 2. The molecular weight excluding hydrogens is 444 g/mol. The van der Waals surface area contributed by atoms with Crippen LogP contribution < -0.4 is 11.1 Å². The Labute approximate surface area is 193 Å². The van der Waals surface area contributed by atoms with Crippen LogP contribution in [0.25, 0.3) is 21.5 Å². The van der Waals surface area contributed by atoms with Gasteiger partial charge in [0.05, 0.1) is 19.1 Å². The minimum atomic E-state index is -1.47. The fourth-order valence-electron chi connectivity index (χ4n) is 4.25. The maximum absolute atomic E-state index is 12.7. The van der Waals surface area contributed by atoms with Crippen molar-refractivity contribution in [3.05, 3.63) is 48.3 Å². The fourth-order valence-corrected chi connectivity index (χ4v) is 4.25. The van der Waals surface area contributed by atoms with E-state index in [9.17, 15) is 35.3 Å². The molecule has 0 radical (unpaired) electrons. The van der Waals surface area contributed by atoms with Crippen molar-refractivity contribution in [2.24, 2.45) is 5.73 Å². The number of nitrogens with zero attached hydrogens (tertiary/aromatic N) is 2. The molecule has 1 aliphatic rings. The highest BCUT2D eigenvalue weighted by atomic mass is 16.5. The molecule has 0 aliphatic carbocycles. The van der Waals surface area contributed by atoms with Crippen molar-refractivity contribution in [1.29, 1.82) is 5.26 Å². The number of aromatic nitrogens is 1. The van der Waals surface area contributed by atoms with Crippen molar-refractivity contribution in [2.45, 2.75) is 43.0 Å². The average molecular weight is 468 g/mol. The van der Waals surface area contributed by atoms with Gasteiger partial charge in [-0.05, 0) is 22.9 Å². The van der Waals surface area contributed by atoms with Gasteiger partial charge in [-0.1, -0.05) is 24.3 Å². The number of carboxylic acids is 1. The number of fused-ring (bicyclic) bond motifs is 2. The van der Waals surface area contributed by atoms with Gasteiger partial charge in [0.25, 0.3) is 0 Å². The highest BCUT2D eigenvalue weighted by Crippen LogP contribution is 2.30. The van der Waals surface area contributed by atoms with E-state index in [1.807, 2.05) is 36.4 Å². The van der Waals surface area contributed by atoms with Crippen LogP contribution in [0, 0.1) is 11.3 Å². The van der Waals surface area contributed by atoms with E-state index in [1.54, 1.807) is 6.07 Å². The van der Waals surface area contributed by atoms with Gasteiger partial charge in [0, 0.05) is 17.0 Å². The number of aliphatic carboxylic acids is 1. The van der Waals surface area contributed by atoms with E-state index in [-0.39, 0.29) is 5.69 Å². The zero-order chi connectivity index (χ0) is 24.6. The summed E-state index contributed by atoms with van der Waals surface area (Å²) in [5, 5.41) is 54.3. The molecule has 0 saturated carbocycles. The van der Waals surface area contributed by atoms with E-state index in [4.69, 9.17) is 10.5 Å². The molecular formula is C23H24N4O7. The van der Waals surface area contributed by atoms with Crippen molar-refractivity contribution in [3.63, 3.8) is 0 Å². The summed E-state index contributed by atoms with van der Waals surface area (Å²) in [4.78, 5) is 24.8. The summed E-state index contributed by atoms with van der Waals surface area (Å²) in [6.07, 6.45) is -4.38.